The van der Waals surface area contributed by atoms with Crippen molar-refractivity contribution in [1.82, 2.24) is 4.90 Å². The number of nitrogens with zero attached hydrogens (tertiary/aromatic N) is 2. The average molecular weight is 290 g/mol. The van der Waals surface area contributed by atoms with Gasteiger partial charge in [-0.05, 0) is 18.9 Å². The Balaban J connectivity index is 2.22. The third-order valence-electron chi connectivity index (χ3n) is 3.97. The summed E-state index contributed by atoms with van der Waals surface area (Å²) in [5.74, 6) is 1.31. The number of fused-ring (bicyclic) bond motifs is 2. The Labute approximate surface area is 123 Å². The van der Waals surface area contributed by atoms with Crippen LogP contribution in [0, 0.1) is 0 Å². The minimum Gasteiger partial charge on any atom is -0.493 e. The van der Waals surface area contributed by atoms with E-state index in [-0.39, 0.29) is 11.9 Å². The van der Waals surface area contributed by atoms with Crippen molar-refractivity contribution in [2.45, 2.75) is 18.9 Å². The molecule has 0 bridgehead atoms. The predicted octanol–water partition coefficient (Wildman–Crippen LogP) is 2.03. The minimum absolute atomic E-state index is 0.0377. The number of rotatable bonds is 3. The van der Waals surface area contributed by atoms with E-state index in [1.54, 1.807) is 6.07 Å². The summed E-state index contributed by atoms with van der Waals surface area (Å²) in [5.41, 5.74) is 1.000. The molecular formula is C15H18N2O4. The second kappa shape index (κ2) is 5.27. The van der Waals surface area contributed by atoms with Gasteiger partial charge in [0.2, 0.25) is 5.75 Å². The molecule has 0 spiro atoms. The molecule has 1 aromatic carbocycles. The van der Waals surface area contributed by atoms with E-state index in [1.807, 2.05) is 11.1 Å². The zero-order chi connectivity index (χ0) is 15.0. The third-order valence-corrected chi connectivity index (χ3v) is 3.97. The quantitative estimate of drug-likeness (QED) is 0.854. The van der Waals surface area contributed by atoms with Gasteiger partial charge in [-0.25, -0.2) is 0 Å². The highest BCUT2D eigenvalue weighted by molar-refractivity contribution is 6.05. The molecule has 1 atom stereocenters. The zero-order valence-corrected chi connectivity index (χ0v) is 12.4. The van der Waals surface area contributed by atoms with E-state index in [1.165, 1.54) is 21.3 Å². The van der Waals surface area contributed by atoms with Crippen LogP contribution in [-0.2, 0) is 0 Å². The van der Waals surface area contributed by atoms with Crippen LogP contribution < -0.4 is 14.2 Å². The lowest BCUT2D eigenvalue weighted by Crippen LogP contribution is -2.35. The van der Waals surface area contributed by atoms with E-state index >= 15 is 0 Å². The molecular weight excluding hydrogens is 272 g/mol. The van der Waals surface area contributed by atoms with E-state index < -0.39 is 0 Å². The van der Waals surface area contributed by atoms with Gasteiger partial charge < -0.3 is 19.1 Å². The van der Waals surface area contributed by atoms with E-state index in [9.17, 15) is 4.79 Å². The molecule has 2 aliphatic rings. The molecule has 1 amide bonds. The van der Waals surface area contributed by atoms with Crippen LogP contribution in [0.4, 0.5) is 5.69 Å². The highest BCUT2D eigenvalue weighted by Gasteiger charge is 2.34. The Morgan fingerprint density at radius 2 is 1.95 bits per heavy atom. The standard InChI is InChI=1S/C15H18N2O4/c1-19-11-7-10-12(14(21-3)13(11)20-2)16-8-9-5-4-6-17(9)15(10)18/h7-9H,4-6H2,1-3H3/t9-/m0/s1. The fraction of sp³-hybridized carbons (Fsp3) is 0.467. The first-order valence-electron chi connectivity index (χ1n) is 6.89. The molecule has 112 valence electrons. The first-order chi connectivity index (χ1) is 10.2. The Morgan fingerprint density at radius 1 is 1.19 bits per heavy atom. The Hall–Kier alpha value is -2.24. The largest absolute Gasteiger partial charge is 0.493 e. The van der Waals surface area contributed by atoms with Crippen molar-refractivity contribution >= 4 is 17.8 Å². The molecule has 6 heteroatoms. The van der Waals surface area contributed by atoms with Gasteiger partial charge in [0.1, 0.15) is 5.69 Å². The highest BCUT2D eigenvalue weighted by atomic mass is 16.5. The van der Waals surface area contributed by atoms with Crippen LogP contribution >= 0.6 is 0 Å². The first-order valence-corrected chi connectivity index (χ1v) is 6.89. The Morgan fingerprint density at radius 3 is 2.62 bits per heavy atom. The third kappa shape index (κ3) is 2.02. The van der Waals surface area contributed by atoms with Crippen molar-refractivity contribution < 1.29 is 19.0 Å². The Kier molecular flexibility index (Phi) is 3.45. The molecule has 21 heavy (non-hydrogen) atoms. The van der Waals surface area contributed by atoms with Gasteiger partial charge in [-0.3, -0.25) is 9.79 Å². The molecule has 0 N–H and O–H groups in total. The molecule has 6 nitrogen and oxygen atoms in total. The van der Waals surface area contributed by atoms with Gasteiger partial charge >= 0.3 is 0 Å². The van der Waals surface area contributed by atoms with Crippen molar-refractivity contribution in [1.29, 1.82) is 0 Å². The average Bonchev–Trinajstić information content (AvgIpc) is 2.94. The maximum absolute atomic E-state index is 12.7. The maximum Gasteiger partial charge on any atom is 0.256 e. The lowest BCUT2D eigenvalue weighted by Gasteiger charge is -2.21. The van der Waals surface area contributed by atoms with Gasteiger partial charge in [0.05, 0.1) is 32.9 Å². The Bertz CT molecular complexity index is 612. The summed E-state index contributed by atoms with van der Waals surface area (Å²) < 4.78 is 16.1. The number of aliphatic imine (C=N–C) groups is 1. The molecule has 3 rings (SSSR count). The number of carbonyl (C=O) groups excluding carboxylic acids is 1. The van der Waals surface area contributed by atoms with Gasteiger partial charge in [0.15, 0.2) is 11.5 Å². The monoisotopic (exact) mass is 290 g/mol. The summed E-state index contributed by atoms with van der Waals surface area (Å²) in [6.07, 6.45) is 3.77. The SMILES string of the molecule is COc1cc2c(c(OC)c1OC)N=C[C@@H]1CCCN1C2=O. The van der Waals surface area contributed by atoms with Crippen molar-refractivity contribution in [3.8, 4) is 17.2 Å². The topological polar surface area (TPSA) is 60.4 Å². The number of hydrogen-bond acceptors (Lipinski definition) is 5. The summed E-state index contributed by atoms with van der Waals surface area (Å²) in [4.78, 5) is 19.1. The van der Waals surface area contributed by atoms with Gasteiger partial charge in [0, 0.05) is 12.8 Å². The highest BCUT2D eigenvalue weighted by Crippen LogP contribution is 2.47. The summed E-state index contributed by atoms with van der Waals surface area (Å²) in [6, 6.07) is 1.74. The molecule has 2 aliphatic heterocycles. The van der Waals surface area contributed by atoms with Crippen LogP contribution in [0.1, 0.15) is 23.2 Å². The van der Waals surface area contributed by atoms with Crippen LogP contribution in [0.5, 0.6) is 17.2 Å². The summed E-state index contributed by atoms with van der Waals surface area (Å²) in [6.45, 7) is 0.756. The molecule has 0 saturated carbocycles. The maximum atomic E-state index is 12.7. The number of methoxy groups -OCH3 is 3. The molecule has 2 heterocycles. The fourth-order valence-electron chi connectivity index (χ4n) is 2.95. The molecule has 1 fully saturated rings. The van der Waals surface area contributed by atoms with Crippen LogP contribution in [-0.4, -0.2) is 50.9 Å². The lowest BCUT2D eigenvalue weighted by molar-refractivity contribution is 0.0774. The summed E-state index contributed by atoms with van der Waals surface area (Å²) in [7, 11) is 4.60. The van der Waals surface area contributed by atoms with Crippen LogP contribution in [0.2, 0.25) is 0 Å². The van der Waals surface area contributed by atoms with Crippen LogP contribution in [0.25, 0.3) is 0 Å². The molecule has 0 radical (unpaired) electrons. The molecule has 0 aromatic heterocycles. The second-order valence-electron chi connectivity index (χ2n) is 5.03. The van der Waals surface area contributed by atoms with Crippen molar-refractivity contribution in [2.24, 2.45) is 4.99 Å². The summed E-state index contributed by atoms with van der Waals surface area (Å²) >= 11 is 0. The minimum atomic E-state index is -0.0377. The van der Waals surface area contributed by atoms with E-state index in [0.29, 0.717) is 28.5 Å². The first kappa shape index (κ1) is 13.7. The number of benzene rings is 1. The number of hydrogen-bond donors (Lipinski definition) is 0. The van der Waals surface area contributed by atoms with Gasteiger partial charge in [-0.1, -0.05) is 0 Å². The van der Waals surface area contributed by atoms with Gasteiger partial charge in [-0.15, -0.1) is 0 Å². The molecule has 0 aliphatic carbocycles. The van der Waals surface area contributed by atoms with Crippen LogP contribution in [0.15, 0.2) is 11.1 Å². The summed E-state index contributed by atoms with van der Waals surface area (Å²) in [5, 5.41) is 0. The smallest absolute Gasteiger partial charge is 0.256 e. The van der Waals surface area contributed by atoms with E-state index in [0.717, 1.165) is 19.4 Å². The normalized spacial score (nSPS) is 19.9. The fourth-order valence-corrected chi connectivity index (χ4v) is 2.95. The number of amides is 1. The van der Waals surface area contributed by atoms with Crippen molar-refractivity contribution in [3.05, 3.63) is 11.6 Å². The van der Waals surface area contributed by atoms with Crippen LogP contribution in [0.3, 0.4) is 0 Å². The molecule has 1 aromatic rings. The van der Waals surface area contributed by atoms with Crippen molar-refractivity contribution in [3.63, 3.8) is 0 Å². The van der Waals surface area contributed by atoms with Gasteiger partial charge in [-0.2, -0.15) is 0 Å². The number of carbonyl (C=O) groups is 1. The zero-order valence-electron chi connectivity index (χ0n) is 12.4. The van der Waals surface area contributed by atoms with Gasteiger partial charge in [0.25, 0.3) is 5.91 Å². The van der Waals surface area contributed by atoms with E-state index in [2.05, 4.69) is 4.99 Å². The second-order valence-corrected chi connectivity index (χ2v) is 5.03. The molecule has 0 unspecified atom stereocenters. The van der Waals surface area contributed by atoms with Crippen molar-refractivity contribution in [2.75, 3.05) is 27.9 Å². The molecule has 1 saturated heterocycles. The van der Waals surface area contributed by atoms with E-state index in [4.69, 9.17) is 14.2 Å². The predicted molar refractivity (Wildman–Crippen MR) is 78.3 cm³/mol. The number of ether oxygens (including phenoxy) is 3. The lowest BCUT2D eigenvalue weighted by atomic mass is 10.1.